The van der Waals surface area contributed by atoms with Crippen molar-refractivity contribution in [1.82, 2.24) is 9.21 Å². The van der Waals surface area contributed by atoms with Crippen molar-refractivity contribution < 1.29 is 21.6 Å². The summed E-state index contributed by atoms with van der Waals surface area (Å²) >= 11 is 6.22. The van der Waals surface area contributed by atoms with Crippen LogP contribution in [0.1, 0.15) is 42.5 Å². The van der Waals surface area contributed by atoms with Crippen LogP contribution >= 0.6 is 11.6 Å². The topological polar surface area (TPSA) is 91.8 Å². The van der Waals surface area contributed by atoms with Crippen LogP contribution in [0, 0.1) is 0 Å². The number of rotatable bonds is 6. The molecule has 0 bridgehead atoms. The standard InChI is InChI=1S/C20H27ClN2O5S2/c1-2-10-23(17-9-13-29(25,26)15-17)20(24)16-7-8-18(21)19(14-16)30(27,28)22-11-5-3-4-6-12-22/h2,7-8,14,17H,1,3-6,9-13,15H2. The third kappa shape index (κ3) is 5.07. The third-order valence-electron chi connectivity index (χ3n) is 5.60. The first-order valence-electron chi connectivity index (χ1n) is 10.1. The Kier molecular flexibility index (Phi) is 7.27. The molecule has 10 heteroatoms. The molecule has 30 heavy (non-hydrogen) atoms. The van der Waals surface area contributed by atoms with Crippen molar-refractivity contribution in [3.63, 3.8) is 0 Å². The summed E-state index contributed by atoms with van der Waals surface area (Å²) in [6, 6.07) is 3.74. The van der Waals surface area contributed by atoms with Gasteiger partial charge in [0.05, 0.1) is 16.5 Å². The number of benzene rings is 1. The number of halogens is 1. The summed E-state index contributed by atoms with van der Waals surface area (Å²) < 4.78 is 51.6. The molecule has 1 aromatic carbocycles. The van der Waals surface area contributed by atoms with Crippen LogP contribution in [-0.2, 0) is 19.9 Å². The first kappa shape index (κ1) is 23.2. The van der Waals surface area contributed by atoms with Crippen LogP contribution in [0.2, 0.25) is 5.02 Å². The van der Waals surface area contributed by atoms with E-state index in [0.717, 1.165) is 25.7 Å². The van der Waals surface area contributed by atoms with Gasteiger partial charge in [0.25, 0.3) is 5.91 Å². The summed E-state index contributed by atoms with van der Waals surface area (Å²) in [5.74, 6) is -0.492. The van der Waals surface area contributed by atoms with E-state index in [0.29, 0.717) is 19.5 Å². The van der Waals surface area contributed by atoms with Gasteiger partial charge in [-0.1, -0.05) is 30.5 Å². The van der Waals surface area contributed by atoms with E-state index in [2.05, 4.69) is 6.58 Å². The van der Waals surface area contributed by atoms with Crippen LogP contribution in [0.5, 0.6) is 0 Å². The van der Waals surface area contributed by atoms with Gasteiger partial charge in [0.1, 0.15) is 4.90 Å². The summed E-state index contributed by atoms with van der Waals surface area (Å²) in [5, 5.41) is 0.0644. The zero-order chi connectivity index (χ0) is 21.9. The van der Waals surface area contributed by atoms with Crippen molar-refractivity contribution in [3.8, 4) is 0 Å². The van der Waals surface area contributed by atoms with Crippen LogP contribution in [0.15, 0.2) is 35.7 Å². The van der Waals surface area contributed by atoms with E-state index in [1.807, 2.05) is 0 Å². The van der Waals surface area contributed by atoms with Gasteiger partial charge in [0, 0.05) is 31.2 Å². The van der Waals surface area contributed by atoms with Crippen molar-refractivity contribution in [2.75, 3.05) is 31.1 Å². The van der Waals surface area contributed by atoms with E-state index in [9.17, 15) is 21.6 Å². The van der Waals surface area contributed by atoms with E-state index in [4.69, 9.17) is 11.6 Å². The van der Waals surface area contributed by atoms with Gasteiger partial charge in [0.2, 0.25) is 10.0 Å². The molecule has 0 N–H and O–H groups in total. The molecule has 1 aromatic rings. The lowest BCUT2D eigenvalue weighted by atomic mass is 10.1. The van der Waals surface area contributed by atoms with E-state index in [1.165, 1.54) is 33.5 Å². The fourth-order valence-electron chi connectivity index (χ4n) is 3.98. The van der Waals surface area contributed by atoms with Gasteiger partial charge in [-0.25, -0.2) is 16.8 Å². The molecule has 0 saturated carbocycles. The highest BCUT2D eigenvalue weighted by molar-refractivity contribution is 7.91. The van der Waals surface area contributed by atoms with Gasteiger partial charge in [-0.3, -0.25) is 4.79 Å². The molecule has 166 valence electrons. The molecule has 0 aliphatic carbocycles. The molecule has 1 atom stereocenters. The van der Waals surface area contributed by atoms with Crippen LogP contribution in [-0.4, -0.2) is 69.1 Å². The molecule has 2 aliphatic heterocycles. The first-order chi connectivity index (χ1) is 14.2. The number of hydrogen-bond acceptors (Lipinski definition) is 5. The molecule has 0 spiro atoms. The molecule has 7 nitrogen and oxygen atoms in total. The maximum Gasteiger partial charge on any atom is 0.254 e. The third-order valence-corrected chi connectivity index (χ3v) is 9.73. The Hall–Kier alpha value is -1.42. The monoisotopic (exact) mass is 474 g/mol. The Morgan fingerprint density at radius 1 is 1.23 bits per heavy atom. The lowest BCUT2D eigenvalue weighted by Crippen LogP contribution is -2.41. The molecule has 1 unspecified atom stereocenters. The molecule has 0 aromatic heterocycles. The van der Waals surface area contributed by atoms with E-state index >= 15 is 0 Å². The number of nitrogens with zero attached hydrogens (tertiary/aromatic N) is 2. The number of carbonyl (C=O) groups excluding carboxylic acids is 1. The van der Waals surface area contributed by atoms with Crippen LogP contribution in [0.3, 0.4) is 0 Å². The van der Waals surface area contributed by atoms with Gasteiger partial charge in [-0.15, -0.1) is 6.58 Å². The molecule has 2 saturated heterocycles. The molecule has 3 rings (SSSR count). The maximum absolute atomic E-state index is 13.2. The van der Waals surface area contributed by atoms with Gasteiger partial charge >= 0.3 is 0 Å². The Morgan fingerprint density at radius 2 is 1.90 bits per heavy atom. The minimum atomic E-state index is -3.83. The summed E-state index contributed by atoms with van der Waals surface area (Å²) in [5.41, 5.74) is 0.166. The Morgan fingerprint density at radius 3 is 2.47 bits per heavy atom. The molecule has 0 radical (unpaired) electrons. The number of hydrogen-bond donors (Lipinski definition) is 0. The summed E-state index contributed by atoms with van der Waals surface area (Å²) in [4.78, 5) is 14.5. The molecular formula is C20H27ClN2O5S2. The van der Waals surface area contributed by atoms with Crippen molar-refractivity contribution in [3.05, 3.63) is 41.4 Å². The molecular weight excluding hydrogens is 448 g/mol. The van der Waals surface area contributed by atoms with E-state index < -0.39 is 31.8 Å². The fraction of sp³-hybridized carbons (Fsp3) is 0.550. The zero-order valence-corrected chi connectivity index (χ0v) is 19.2. The second-order valence-corrected chi connectivity index (χ2v) is 12.3. The highest BCUT2D eigenvalue weighted by Crippen LogP contribution is 2.29. The Bertz CT molecular complexity index is 1020. The highest BCUT2D eigenvalue weighted by atomic mass is 35.5. The van der Waals surface area contributed by atoms with Crippen molar-refractivity contribution in [2.45, 2.75) is 43.0 Å². The summed E-state index contributed by atoms with van der Waals surface area (Å²) in [7, 11) is -7.02. The van der Waals surface area contributed by atoms with Gasteiger partial charge < -0.3 is 4.90 Å². The van der Waals surface area contributed by atoms with Crippen molar-refractivity contribution in [1.29, 1.82) is 0 Å². The van der Waals surface area contributed by atoms with Gasteiger partial charge in [-0.05, 0) is 37.5 Å². The predicted octanol–water partition coefficient (Wildman–Crippen LogP) is 2.72. The van der Waals surface area contributed by atoms with Crippen LogP contribution in [0.25, 0.3) is 0 Å². The lowest BCUT2D eigenvalue weighted by molar-refractivity contribution is 0.0720. The van der Waals surface area contributed by atoms with E-state index in [-0.39, 0.29) is 33.5 Å². The molecule has 2 heterocycles. The second kappa shape index (κ2) is 9.38. The summed E-state index contributed by atoms with van der Waals surface area (Å²) in [6.07, 6.45) is 5.44. The number of sulfonamides is 1. The number of amides is 1. The smallest absolute Gasteiger partial charge is 0.254 e. The van der Waals surface area contributed by atoms with Gasteiger partial charge in [0.15, 0.2) is 9.84 Å². The lowest BCUT2D eigenvalue weighted by Gasteiger charge is -2.27. The molecule has 2 fully saturated rings. The van der Waals surface area contributed by atoms with Crippen LogP contribution < -0.4 is 0 Å². The van der Waals surface area contributed by atoms with E-state index in [1.54, 1.807) is 0 Å². The highest BCUT2D eigenvalue weighted by Gasteiger charge is 2.35. The normalized spacial score (nSPS) is 22.4. The fourth-order valence-corrected chi connectivity index (χ4v) is 7.73. The average molecular weight is 475 g/mol. The quantitative estimate of drug-likeness (QED) is 0.591. The number of carbonyl (C=O) groups is 1. The SMILES string of the molecule is C=CCN(C(=O)c1ccc(Cl)c(S(=O)(=O)N2CCCCCC2)c1)C1CCS(=O)(=O)C1. The largest absolute Gasteiger partial charge is 0.331 e. The van der Waals surface area contributed by atoms with Crippen LogP contribution in [0.4, 0.5) is 0 Å². The average Bonchev–Trinajstić information content (AvgIpc) is 2.89. The van der Waals surface area contributed by atoms with Gasteiger partial charge in [-0.2, -0.15) is 4.31 Å². The minimum absolute atomic E-state index is 0.0355. The van der Waals surface area contributed by atoms with Crippen molar-refractivity contribution in [2.24, 2.45) is 0 Å². The van der Waals surface area contributed by atoms with Crippen molar-refractivity contribution >= 4 is 37.4 Å². The first-order valence-corrected chi connectivity index (χ1v) is 13.7. The molecule has 2 aliphatic rings. The Balaban J connectivity index is 1.92. The number of sulfone groups is 1. The summed E-state index contributed by atoms with van der Waals surface area (Å²) in [6.45, 7) is 4.69. The molecule has 1 amide bonds. The Labute approximate surface area is 183 Å². The minimum Gasteiger partial charge on any atom is -0.331 e. The second-order valence-electron chi connectivity index (χ2n) is 7.77. The predicted molar refractivity (Wildman–Crippen MR) is 117 cm³/mol. The zero-order valence-electron chi connectivity index (χ0n) is 16.8. The maximum atomic E-state index is 13.2.